The Hall–Kier alpha value is -1.02. The van der Waals surface area contributed by atoms with Gasteiger partial charge in [-0.05, 0) is 50.4 Å². The van der Waals surface area contributed by atoms with Gasteiger partial charge in [-0.25, -0.2) is 0 Å². The van der Waals surface area contributed by atoms with E-state index in [0.717, 1.165) is 31.6 Å². The van der Waals surface area contributed by atoms with Crippen LogP contribution in [0.1, 0.15) is 62.8 Å². The summed E-state index contributed by atoms with van der Waals surface area (Å²) in [5.74, 6) is 1.10. The van der Waals surface area contributed by atoms with Crippen molar-refractivity contribution >= 4 is 0 Å². The zero-order valence-corrected chi connectivity index (χ0v) is 13.0. The zero-order valence-electron chi connectivity index (χ0n) is 13.0. The number of benzene rings is 1. The summed E-state index contributed by atoms with van der Waals surface area (Å²) in [6.07, 6.45) is 3.21. The molecule has 0 spiro atoms. The molecular weight excluding hydrogens is 234 g/mol. The van der Waals surface area contributed by atoms with Crippen LogP contribution in [0.4, 0.5) is 0 Å². The van der Waals surface area contributed by atoms with E-state index in [4.69, 9.17) is 4.74 Å². The van der Waals surface area contributed by atoms with Crippen molar-refractivity contribution in [3.63, 3.8) is 0 Å². The molecule has 106 valence electrons. The first-order valence-corrected chi connectivity index (χ1v) is 7.58. The quantitative estimate of drug-likeness (QED) is 0.872. The van der Waals surface area contributed by atoms with E-state index in [-0.39, 0.29) is 5.60 Å². The van der Waals surface area contributed by atoms with Crippen LogP contribution < -0.4 is 10.1 Å². The molecule has 1 aromatic carbocycles. The van der Waals surface area contributed by atoms with E-state index in [1.165, 1.54) is 16.7 Å². The number of fused-ring (bicyclic) bond motifs is 1. The fourth-order valence-electron chi connectivity index (χ4n) is 3.32. The molecule has 1 aromatic rings. The predicted octanol–water partition coefficient (Wildman–Crippen LogP) is 4.30. The van der Waals surface area contributed by atoms with E-state index in [1.807, 2.05) is 0 Å². The van der Waals surface area contributed by atoms with Gasteiger partial charge in [0.15, 0.2) is 0 Å². The van der Waals surface area contributed by atoms with Gasteiger partial charge in [-0.1, -0.05) is 26.8 Å². The Morgan fingerprint density at radius 3 is 2.47 bits per heavy atom. The number of hydrogen-bond acceptors (Lipinski definition) is 2. The molecule has 1 unspecified atom stereocenters. The largest absolute Gasteiger partial charge is 0.487 e. The lowest BCUT2D eigenvalue weighted by Crippen LogP contribution is -2.43. The minimum atomic E-state index is 0.0000694. The lowest BCUT2D eigenvalue weighted by Gasteiger charge is -2.42. The van der Waals surface area contributed by atoms with Crippen LogP contribution in [0, 0.1) is 13.8 Å². The van der Waals surface area contributed by atoms with Crippen LogP contribution >= 0.6 is 0 Å². The number of rotatable bonds is 4. The molecular formula is C17H27NO. The Morgan fingerprint density at radius 1 is 1.21 bits per heavy atom. The molecule has 0 amide bonds. The van der Waals surface area contributed by atoms with Crippen molar-refractivity contribution in [1.82, 2.24) is 5.32 Å². The van der Waals surface area contributed by atoms with E-state index in [0.29, 0.717) is 6.04 Å². The summed E-state index contributed by atoms with van der Waals surface area (Å²) in [6, 6.07) is 4.89. The van der Waals surface area contributed by atoms with Crippen LogP contribution in [0.2, 0.25) is 0 Å². The van der Waals surface area contributed by atoms with Crippen molar-refractivity contribution in [2.75, 3.05) is 6.54 Å². The van der Waals surface area contributed by atoms with Gasteiger partial charge in [0.2, 0.25) is 0 Å². The zero-order chi connectivity index (χ0) is 14.0. The third-order valence-corrected chi connectivity index (χ3v) is 4.48. The van der Waals surface area contributed by atoms with Gasteiger partial charge in [-0.3, -0.25) is 0 Å². The van der Waals surface area contributed by atoms with E-state index in [9.17, 15) is 0 Å². The molecule has 0 saturated heterocycles. The maximum Gasteiger partial charge on any atom is 0.125 e. The second-order valence-corrected chi connectivity index (χ2v) is 5.80. The topological polar surface area (TPSA) is 21.3 Å². The normalized spacial score (nSPS) is 20.8. The number of nitrogens with one attached hydrogen (secondary N) is 1. The van der Waals surface area contributed by atoms with Crippen molar-refractivity contribution in [1.29, 1.82) is 0 Å². The molecule has 19 heavy (non-hydrogen) atoms. The number of hydrogen-bond donors (Lipinski definition) is 1. The predicted molar refractivity (Wildman–Crippen MR) is 80.9 cm³/mol. The third kappa shape index (κ3) is 2.64. The summed E-state index contributed by atoms with van der Waals surface area (Å²) in [5, 5.41) is 3.64. The molecule has 2 rings (SSSR count). The fourth-order valence-corrected chi connectivity index (χ4v) is 3.32. The highest BCUT2D eigenvalue weighted by atomic mass is 16.5. The number of ether oxygens (including phenoxy) is 1. The Labute approximate surface area is 117 Å². The number of aryl methyl sites for hydroxylation is 2. The molecule has 0 aromatic heterocycles. The van der Waals surface area contributed by atoms with Crippen molar-refractivity contribution in [2.45, 2.75) is 65.5 Å². The smallest absolute Gasteiger partial charge is 0.125 e. The highest BCUT2D eigenvalue weighted by Crippen LogP contribution is 2.44. The van der Waals surface area contributed by atoms with Crippen molar-refractivity contribution < 1.29 is 4.74 Å². The molecule has 1 aliphatic rings. The van der Waals surface area contributed by atoms with Crippen LogP contribution in [0.15, 0.2) is 12.1 Å². The monoisotopic (exact) mass is 261 g/mol. The van der Waals surface area contributed by atoms with Gasteiger partial charge in [-0.2, -0.15) is 0 Å². The van der Waals surface area contributed by atoms with Crippen LogP contribution in [0.25, 0.3) is 0 Å². The molecule has 2 nitrogen and oxygen atoms in total. The van der Waals surface area contributed by atoms with Gasteiger partial charge in [-0.15, -0.1) is 0 Å². The Bertz CT molecular complexity index is 449. The average Bonchev–Trinajstić information content (AvgIpc) is 2.37. The maximum atomic E-state index is 6.42. The van der Waals surface area contributed by atoms with Gasteiger partial charge >= 0.3 is 0 Å². The maximum absolute atomic E-state index is 6.42. The van der Waals surface area contributed by atoms with E-state index in [2.05, 4.69) is 52.1 Å². The molecule has 1 N–H and O–H groups in total. The van der Waals surface area contributed by atoms with Gasteiger partial charge in [0.05, 0.1) is 0 Å². The molecule has 0 saturated carbocycles. The summed E-state index contributed by atoms with van der Waals surface area (Å²) < 4.78 is 6.42. The van der Waals surface area contributed by atoms with Crippen LogP contribution in [-0.2, 0) is 0 Å². The van der Waals surface area contributed by atoms with Gasteiger partial charge in [0, 0.05) is 18.0 Å². The van der Waals surface area contributed by atoms with Gasteiger partial charge in [0.1, 0.15) is 11.4 Å². The summed E-state index contributed by atoms with van der Waals surface area (Å²) in [7, 11) is 0. The standard InChI is InChI=1S/C17H27NO/c1-6-17(7-2)11-14(18-8-3)16-13(5)9-12(4)10-15(16)19-17/h9-10,14,18H,6-8,11H2,1-5H3. The second-order valence-electron chi connectivity index (χ2n) is 5.80. The van der Waals surface area contributed by atoms with Crippen molar-refractivity contribution in [3.8, 4) is 5.75 Å². The third-order valence-electron chi connectivity index (χ3n) is 4.48. The van der Waals surface area contributed by atoms with Crippen LogP contribution in [0.5, 0.6) is 5.75 Å². The van der Waals surface area contributed by atoms with Crippen molar-refractivity contribution in [3.05, 3.63) is 28.8 Å². The van der Waals surface area contributed by atoms with Crippen LogP contribution in [-0.4, -0.2) is 12.1 Å². The summed E-state index contributed by atoms with van der Waals surface area (Å²) in [4.78, 5) is 0. The summed E-state index contributed by atoms with van der Waals surface area (Å²) in [6.45, 7) is 12.0. The Kier molecular flexibility index (Phi) is 4.19. The first-order valence-electron chi connectivity index (χ1n) is 7.58. The first kappa shape index (κ1) is 14.4. The molecule has 0 bridgehead atoms. The van der Waals surface area contributed by atoms with E-state index >= 15 is 0 Å². The van der Waals surface area contributed by atoms with E-state index < -0.39 is 0 Å². The summed E-state index contributed by atoms with van der Waals surface area (Å²) >= 11 is 0. The SMILES string of the molecule is CCNC1CC(CC)(CC)Oc2cc(C)cc(C)c21. The van der Waals surface area contributed by atoms with Gasteiger partial charge in [0.25, 0.3) is 0 Å². The van der Waals surface area contributed by atoms with Crippen molar-refractivity contribution in [2.24, 2.45) is 0 Å². The molecule has 1 heterocycles. The van der Waals surface area contributed by atoms with Gasteiger partial charge < -0.3 is 10.1 Å². The Balaban J connectivity index is 2.49. The lowest BCUT2D eigenvalue weighted by molar-refractivity contribution is 0.0228. The lowest BCUT2D eigenvalue weighted by atomic mass is 9.82. The highest BCUT2D eigenvalue weighted by Gasteiger charge is 2.38. The molecule has 0 fully saturated rings. The highest BCUT2D eigenvalue weighted by molar-refractivity contribution is 5.47. The van der Waals surface area contributed by atoms with Crippen LogP contribution in [0.3, 0.4) is 0 Å². The fraction of sp³-hybridized carbons (Fsp3) is 0.647. The molecule has 2 heteroatoms. The minimum Gasteiger partial charge on any atom is -0.487 e. The first-order chi connectivity index (χ1) is 9.05. The van der Waals surface area contributed by atoms with E-state index in [1.54, 1.807) is 0 Å². The molecule has 1 atom stereocenters. The summed E-state index contributed by atoms with van der Waals surface area (Å²) in [5.41, 5.74) is 4.00. The molecule has 0 aliphatic carbocycles. The second kappa shape index (κ2) is 5.54. The minimum absolute atomic E-state index is 0.0000694. The molecule has 0 radical (unpaired) electrons. The Morgan fingerprint density at radius 2 is 1.89 bits per heavy atom. The average molecular weight is 261 g/mol. The molecule has 1 aliphatic heterocycles.